The summed E-state index contributed by atoms with van der Waals surface area (Å²) in [5, 5.41) is 0. The zero-order valence-electron chi connectivity index (χ0n) is 11.7. The SMILES string of the molecule is C=C(OCC)C(=O)Oc1ccc(Oc2ccccc2)cc1. The number of para-hydroxylation sites is 1. The Morgan fingerprint density at radius 1 is 0.952 bits per heavy atom. The summed E-state index contributed by atoms with van der Waals surface area (Å²) < 4.78 is 15.7. The molecule has 0 fully saturated rings. The van der Waals surface area contributed by atoms with Gasteiger partial charge in [-0.3, -0.25) is 0 Å². The van der Waals surface area contributed by atoms with Gasteiger partial charge in [-0.2, -0.15) is 0 Å². The predicted octanol–water partition coefficient (Wildman–Crippen LogP) is 3.93. The molecule has 0 N–H and O–H groups in total. The van der Waals surface area contributed by atoms with E-state index in [2.05, 4.69) is 6.58 Å². The lowest BCUT2D eigenvalue weighted by atomic mass is 10.3. The maximum atomic E-state index is 11.6. The molecule has 0 bridgehead atoms. The van der Waals surface area contributed by atoms with Crippen molar-refractivity contribution in [2.75, 3.05) is 6.61 Å². The molecule has 0 radical (unpaired) electrons. The van der Waals surface area contributed by atoms with Gasteiger partial charge in [-0.1, -0.05) is 18.2 Å². The highest BCUT2D eigenvalue weighted by atomic mass is 16.6. The first kappa shape index (κ1) is 14.7. The summed E-state index contributed by atoms with van der Waals surface area (Å²) in [6.07, 6.45) is 0. The lowest BCUT2D eigenvalue weighted by Gasteiger charge is -2.08. The van der Waals surface area contributed by atoms with Gasteiger partial charge < -0.3 is 14.2 Å². The van der Waals surface area contributed by atoms with E-state index < -0.39 is 5.97 Å². The van der Waals surface area contributed by atoms with Crippen LogP contribution in [0.3, 0.4) is 0 Å². The number of hydrogen-bond acceptors (Lipinski definition) is 4. The Labute approximate surface area is 123 Å². The molecule has 0 aliphatic carbocycles. The van der Waals surface area contributed by atoms with Gasteiger partial charge >= 0.3 is 5.97 Å². The molecule has 4 heteroatoms. The molecule has 2 rings (SSSR count). The molecule has 0 aliphatic rings. The van der Waals surface area contributed by atoms with Crippen LogP contribution in [-0.2, 0) is 9.53 Å². The van der Waals surface area contributed by atoms with Crippen LogP contribution in [-0.4, -0.2) is 12.6 Å². The molecule has 108 valence electrons. The van der Waals surface area contributed by atoms with Crippen LogP contribution in [0.1, 0.15) is 6.92 Å². The lowest BCUT2D eigenvalue weighted by Crippen LogP contribution is -2.12. The Balaban J connectivity index is 1.96. The number of ether oxygens (including phenoxy) is 3. The monoisotopic (exact) mass is 284 g/mol. The zero-order valence-corrected chi connectivity index (χ0v) is 11.7. The molecule has 0 heterocycles. The van der Waals surface area contributed by atoms with E-state index in [1.807, 2.05) is 30.3 Å². The molecule has 0 amide bonds. The normalized spacial score (nSPS) is 9.76. The highest BCUT2D eigenvalue weighted by molar-refractivity contribution is 5.87. The van der Waals surface area contributed by atoms with Gasteiger partial charge in [0.2, 0.25) is 0 Å². The van der Waals surface area contributed by atoms with E-state index in [0.717, 1.165) is 5.75 Å². The lowest BCUT2D eigenvalue weighted by molar-refractivity contribution is -0.133. The fraction of sp³-hybridized carbons (Fsp3) is 0.118. The van der Waals surface area contributed by atoms with Gasteiger partial charge in [0, 0.05) is 0 Å². The Morgan fingerprint density at radius 3 is 2.14 bits per heavy atom. The van der Waals surface area contributed by atoms with Gasteiger partial charge in [0.1, 0.15) is 17.2 Å². The Hall–Kier alpha value is -2.75. The van der Waals surface area contributed by atoms with Gasteiger partial charge in [0.05, 0.1) is 6.61 Å². The summed E-state index contributed by atoms with van der Waals surface area (Å²) in [7, 11) is 0. The van der Waals surface area contributed by atoms with E-state index in [-0.39, 0.29) is 5.76 Å². The summed E-state index contributed by atoms with van der Waals surface area (Å²) in [5.74, 6) is 1.19. The zero-order chi connectivity index (χ0) is 15.1. The number of esters is 1. The van der Waals surface area contributed by atoms with E-state index >= 15 is 0 Å². The maximum absolute atomic E-state index is 11.6. The molecule has 4 nitrogen and oxygen atoms in total. The van der Waals surface area contributed by atoms with Crippen molar-refractivity contribution in [1.29, 1.82) is 0 Å². The van der Waals surface area contributed by atoms with Crippen molar-refractivity contribution in [1.82, 2.24) is 0 Å². The first-order valence-electron chi connectivity index (χ1n) is 6.56. The predicted molar refractivity (Wildman–Crippen MR) is 79.4 cm³/mol. The summed E-state index contributed by atoms with van der Waals surface area (Å²) in [5.41, 5.74) is 0. The maximum Gasteiger partial charge on any atom is 0.378 e. The molecule has 2 aromatic rings. The van der Waals surface area contributed by atoms with Crippen molar-refractivity contribution < 1.29 is 19.0 Å². The van der Waals surface area contributed by atoms with Gasteiger partial charge in [0.15, 0.2) is 5.76 Å². The number of benzene rings is 2. The van der Waals surface area contributed by atoms with Crippen LogP contribution in [0.15, 0.2) is 66.9 Å². The van der Waals surface area contributed by atoms with Crippen LogP contribution < -0.4 is 9.47 Å². The van der Waals surface area contributed by atoms with Crippen molar-refractivity contribution in [3.8, 4) is 17.2 Å². The Morgan fingerprint density at radius 2 is 1.52 bits per heavy atom. The van der Waals surface area contributed by atoms with Gasteiger partial charge in [-0.25, -0.2) is 4.79 Å². The molecule has 2 aromatic carbocycles. The van der Waals surface area contributed by atoms with E-state index in [1.54, 1.807) is 31.2 Å². The molecule has 0 aliphatic heterocycles. The van der Waals surface area contributed by atoms with Crippen LogP contribution >= 0.6 is 0 Å². The molecule has 0 saturated carbocycles. The number of hydrogen-bond donors (Lipinski definition) is 0. The van der Waals surface area contributed by atoms with Gasteiger partial charge in [-0.05, 0) is 49.9 Å². The Bertz CT molecular complexity index is 602. The molecule has 0 atom stereocenters. The topological polar surface area (TPSA) is 44.8 Å². The van der Waals surface area contributed by atoms with Gasteiger partial charge in [-0.15, -0.1) is 0 Å². The van der Waals surface area contributed by atoms with Crippen molar-refractivity contribution in [2.45, 2.75) is 6.92 Å². The molecular formula is C17H16O4. The van der Waals surface area contributed by atoms with Crippen molar-refractivity contribution >= 4 is 5.97 Å². The minimum Gasteiger partial charge on any atom is -0.487 e. The average molecular weight is 284 g/mol. The third kappa shape index (κ3) is 4.38. The van der Waals surface area contributed by atoms with Crippen LogP contribution in [0, 0.1) is 0 Å². The highest BCUT2D eigenvalue weighted by Gasteiger charge is 2.10. The highest BCUT2D eigenvalue weighted by Crippen LogP contribution is 2.23. The van der Waals surface area contributed by atoms with E-state index in [0.29, 0.717) is 18.1 Å². The minimum absolute atomic E-state index is 0.0119. The number of rotatable bonds is 6. The molecular weight excluding hydrogens is 268 g/mol. The molecule has 0 saturated heterocycles. The van der Waals surface area contributed by atoms with Crippen molar-refractivity contribution in [3.63, 3.8) is 0 Å². The van der Waals surface area contributed by atoms with Gasteiger partial charge in [0.25, 0.3) is 0 Å². The smallest absolute Gasteiger partial charge is 0.378 e. The summed E-state index contributed by atoms with van der Waals surface area (Å²) >= 11 is 0. The third-order valence-corrected chi connectivity index (χ3v) is 2.56. The third-order valence-electron chi connectivity index (χ3n) is 2.56. The first-order valence-corrected chi connectivity index (χ1v) is 6.56. The second-order valence-electron chi connectivity index (χ2n) is 4.13. The second kappa shape index (κ2) is 7.14. The van der Waals surface area contributed by atoms with Crippen LogP contribution in [0.25, 0.3) is 0 Å². The fourth-order valence-corrected chi connectivity index (χ4v) is 1.60. The second-order valence-corrected chi connectivity index (χ2v) is 4.13. The quantitative estimate of drug-likeness (QED) is 0.349. The molecule has 0 spiro atoms. The van der Waals surface area contributed by atoms with Crippen LogP contribution in [0.2, 0.25) is 0 Å². The standard InChI is InChI=1S/C17H16O4/c1-3-19-13(2)17(18)21-16-11-9-15(10-12-16)20-14-7-5-4-6-8-14/h4-12H,2-3H2,1H3. The average Bonchev–Trinajstić information content (AvgIpc) is 2.50. The van der Waals surface area contributed by atoms with Crippen LogP contribution in [0.4, 0.5) is 0 Å². The first-order chi connectivity index (χ1) is 10.2. The fourth-order valence-electron chi connectivity index (χ4n) is 1.60. The molecule has 0 unspecified atom stereocenters. The van der Waals surface area contributed by atoms with Crippen LogP contribution in [0.5, 0.6) is 17.2 Å². The largest absolute Gasteiger partial charge is 0.487 e. The number of carbonyl (C=O) groups excluding carboxylic acids is 1. The summed E-state index contributed by atoms with van der Waals surface area (Å²) in [4.78, 5) is 11.6. The summed E-state index contributed by atoms with van der Waals surface area (Å²) in [6, 6.07) is 16.2. The molecule has 0 aromatic heterocycles. The minimum atomic E-state index is -0.603. The van der Waals surface area contributed by atoms with E-state index in [1.165, 1.54) is 0 Å². The summed E-state index contributed by atoms with van der Waals surface area (Å²) in [6.45, 7) is 5.64. The van der Waals surface area contributed by atoms with E-state index in [9.17, 15) is 4.79 Å². The Kier molecular flexibility index (Phi) is 4.99. The number of carbonyl (C=O) groups is 1. The molecule has 21 heavy (non-hydrogen) atoms. The van der Waals surface area contributed by atoms with Crippen molar-refractivity contribution in [3.05, 3.63) is 66.9 Å². The van der Waals surface area contributed by atoms with Crippen molar-refractivity contribution in [2.24, 2.45) is 0 Å². The van der Waals surface area contributed by atoms with E-state index in [4.69, 9.17) is 14.2 Å².